The van der Waals surface area contributed by atoms with Crippen molar-refractivity contribution in [3.63, 3.8) is 0 Å². The van der Waals surface area contributed by atoms with Crippen LogP contribution in [0.1, 0.15) is 66.2 Å². The number of hydrogen-bond acceptors (Lipinski definition) is 2. The number of cyclic esters (lactones) is 1. The third kappa shape index (κ3) is 2.71. The summed E-state index contributed by atoms with van der Waals surface area (Å²) in [5.74, 6) is 1.81. The lowest BCUT2D eigenvalue weighted by Crippen LogP contribution is -2.38. The number of allylic oxidation sites excluding steroid dienone is 1. The molecule has 2 aliphatic carbocycles. The van der Waals surface area contributed by atoms with Crippen LogP contribution in [0, 0.1) is 28.6 Å². The van der Waals surface area contributed by atoms with Gasteiger partial charge in [-0.05, 0) is 66.7 Å². The number of fused-ring (bicyclic) bond motifs is 1. The van der Waals surface area contributed by atoms with Crippen molar-refractivity contribution in [3.05, 3.63) is 22.7 Å². The second-order valence-corrected chi connectivity index (χ2v) is 9.54. The Labute approximate surface area is 155 Å². The summed E-state index contributed by atoms with van der Waals surface area (Å²) in [6.07, 6.45) is 7.42. The van der Waals surface area contributed by atoms with Crippen molar-refractivity contribution >= 4 is 21.9 Å². The van der Waals surface area contributed by atoms with E-state index in [9.17, 15) is 4.79 Å². The van der Waals surface area contributed by atoms with Crippen molar-refractivity contribution in [1.29, 1.82) is 0 Å². The molecule has 1 unspecified atom stereocenters. The number of esters is 1. The standard InChI is InChI=1S/C21H31BrO2/c1-13(11-18-20(3,4)14(2)19(23)24-18)16-8-9-17-15(12-22)7-6-10-21(16,17)5/h12-13,16-18H,2,6-11H2,1,3-5H3/t13-,16-,17+,18?,21-/m1/s1. The normalized spacial score (nSPS) is 41.4. The molecular weight excluding hydrogens is 364 g/mol. The van der Waals surface area contributed by atoms with Crippen molar-refractivity contribution in [2.24, 2.45) is 28.6 Å². The highest BCUT2D eigenvalue weighted by Crippen LogP contribution is 2.60. The van der Waals surface area contributed by atoms with Crippen LogP contribution in [0.15, 0.2) is 22.7 Å². The van der Waals surface area contributed by atoms with Gasteiger partial charge in [-0.15, -0.1) is 0 Å². The van der Waals surface area contributed by atoms with Crippen molar-refractivity contribution < 1.29 is 9.53 Å². The van der Waals surface area contributed by atoms with Gasteiger partial charge in [0.25, 0.3) is 0 Å². The molecule has 0 aromatic heterocycles. The van der Waals surface area contributed by atoms with E-state index in [4.69, 9.17) is 4.74 Å². The molecule has 0 N–H and O–H groups in total. The van der Waals surface area contributed by atoms with E-state index in [1.54, 1.807) is 5.57 Å². The molecule has 1 saturated heterocycles. The van der Waals surface area contributed by atoms with E-state index in [2.05, 4.69) is 55.2 Å². The number of halogens is 1. The molecule has 0 aromatic rings. The number of ether oxygens (including phenoxy) is 1. The van der Waals surface area contributed by atoms with Gasteiger partial charge in [0.1, 0.15) is 6.10 Å². The first-order chi connectivity index (χ1) is 11.2. The van der Waals surface area contributed by atoms with Gasteiger partial charge in [-0.1, -0.05) is 55.8 Å². The van der Waals surface area contributed by atoms with Gasteiger partial charge in [-0.2, -0.15) is 0 Å². The van der Waals surface area contributed by atoms with Crippen LogP contribution in [-0.2, 0) is 9.53 Å². The van der Waals surface area contributed by atoms with Crippen LogP contribution in [0.2, 0.25) is 0 Å². The van der Waals surface area contributed by atoms with Gasteiger partial charge in [-0.25, -0.2) is 4.79 Å². The van der Waals surface area contributed by atoms with E-state index in [1.165, 1.54) is 32.1 Å². The summed E-state index contributed by atoms with van der Waals surface area (Å²) in [6.45, 7) is 13.0. The van der Waals surface area contributed by atoms with Crippen LogP contribution < -0.4 is 0 Å². The molecule has 0 bridgehead atoms. The smallest absolute Gasteiger partial charge is 0.334 e. The summed E-state index contributed by atoms with van der Waals surface area (Å²) in [6, 6.07) is 0. The van der Waals surface area contributed by atoms with E-state index < -0.39 is 0 Å². The Morgan fingerprint density at radius 2 is 2.08 bits per heavy atom. The SMILES string of the molecule is C=C1C(=O)OC(C[C@@H](C)[C@H]2CC[C@H]3C(=CBr)CCC[C@]23C)C1(C)C. The molecular formula is C21H31BrO2. The second-order valence-electron chi connectivity index (χ2n) is 9.09. The summed E-state index contributed by atoms with van der Waals surface area (Å²) in [5.41, 5.74) is 2.41. The highest BCUT2D eigenvalue weighted by Gasteiger charge is 2.52. The fraction of sp³-hybridized carbons (Fsp3) is 0.762. The predicted molar refractivity (Wildman–Crippen MR) is 102 cm³/mol. The molecule has 5 atom stereocenters. The van der Waals surface area contributed by atoms with Crippen LogP contribution in [0.3, 0.4) is 0 Å². The van der Waals surface area contributed by atoms with Crippen LogP contribution >= 0.6 is 15.9 Å². The molecule has 1 aliphatic heterocycles. The lowest BCUT2D eigenvalue weighted by Gasteiger charge is -2.45. The molecule has 1 heterocycles. The Balaban J connectivity index is 1.75. The fourth-order valence-electron chi connectivity index (χ4n) is 5.80. The van der Waals surface area contributed by atoms with Gasteiger partial charge in [0.05, 0.1) is 0 Å². The molecule has 134 valence electrons. The molecule has 0 radical (unpaired) electrons. The second kappa shape index (κ2) is 6.30. The van der Waals surface area contributed by atoms with Crippen LogP contribution in [0.4, 0.5) is 0 Å². The molecule has 3 heteroatoms. The highest BCUT2D eigenvalue weighted by molar-refractivity contribution is 9.11. The Morgan fingerprint density at radius 3 is 2.67 bits per heavy atom. The Kier molecular flexibility index (Phi) is 4.79. The minimum absolute atomic E-state index is 0.0232. The first-order valence-electron chi connectivity index (χ1n) is 9.41. The van der Waals surface area contributed by atoms with E-state index in [0.717, 1.165) is 12.3 Å². The van der Waals surface area contributed by atoms with Crippen LogP contribution in [0.5, 0.6) is 0 Å². The largest absolute Gasteiger partial charge is 0.458 e. The summed E-state index contributed by atoms with van der Waals surface area (Å²) >= 11 is 3.60. The first kappa shape index (κ1) is 18.2. The average molecular weight is 395 g/mol. The quantitative estimate of drug-likeness (QED) is 0.432. The van der Waals surface area contributed by atoms with Gasteiger partial charge < -0.3 is 4.74 Å². The van der Waals surface area contributed by atoms with Crippen molar-refractivity contribution in [3.8, 4) is 0 Å². The molecule has 3 fully saturated rings. The summed E-state index contributed by atoms with van der Waals surface area (Å²) in [7, 11) is 0. The zero-order valence-electron chi connectivity index (χ0n) is 15.5. The number of carbonyl (C=O) groups excluding carboxylic acids is 1. The van der Waals surface area contributed by atoms with Crippen molar-refractivity contribution in [2.45, 2.75) is 72.3 Å². The average Bonchev–Trinajstić information content (AvgIpc) is 2.97. The molecule has 0 aromatic carbocycles. The molecule has 3 aliphatic rings. The summed E-state index contributed by atoms with van der Waals surface area (Å²) in [5, 5.41) is 0. The lowest BCUT2D eigenvalue weighted by atomic mass is 9.60. The third-order valence-corrected chi connectivity index (χ3v) is 8.12. The molecule has 24 heavy (non-hydrogen) atoms. The summed E-state index contributed by atoms with van der Waals surface area (Å²) < 4.78 is 5.67. The van der Waals surface area contributed by atoms with Crippen LogP contribution in [0.25, 0.3) is 0 Å². The van der Waals surface area contributed by atoms with Crippen LogP contribution in [-0.4, -0.2) is 12.1 Å². The minimum Gasteiger partial charge on any atom is -0.458 e. The van der Waals surface area contributed by atoms with E-state index >= 15 is 0 Å². The van der Waals surface area contributed by atoms with E-state index in [1.807, 2.05) is 0 Å². The Hall–Kier alpha value is -0.570. The molecule has 0 amide bonds. The first-order valence-corrected chi connectivity index (χ1v) is 10.3. The number of rotatable bonds is 3. The Morgan fingerprint density at radius 1 is 1.38 bits per heavy atom. The van der Waals surface area contributed by atoms with E-state index in [0.29, 0.717) is 22.8 Å². The summed E-state index contributed by atoms with van der Waals surface area (Å²) in [4.78, 5) is 14.1. The predicted octanol–water partition coefficient (Wildman–Crippen LogP) is 6.02. The molecule has 3 rings (SSSR count). The zero-order valence-corrected chi connectivity index (χ0v) is 17.1. The molecule has 2 saturated carbocycles. The van der Waals surface area contributed by atoms with Crippen molar-refractivity contribution in [1.82, 2.24) is 0 Å². The van der Waals surface area contributed by atoms with Gasteiger partial charge in [0, 0.05) is 11.0 Å². The molecule has 0 spiro atoms. The number of carbonyl (C=O) groups is 1. The maximum absolute atomic E-state index is 11.9. The van der Waals surface area contributed by atoms with Gasteiger partial charge >= 0.3 is 5.97 Å². The van der Waals surface area contributed by atoms with Gasteiger partial charge in [0.2, 0.25) is 0 Å². The number of hydrogen-bond donors (Lipinski definition) is 0. The van der Waals surface area contributed by atoms with Crippen molar-refractivity contribution in [2.75, 3.05) is 0 Å². The Bertz CT molecular complexity index is 576. The monoisotopic (exact) mass is 394 g/mol. The van der Waals surface area contributed by atoms with Gasteiger partial charge in [-0.3, -0.25) is 0 Å². The zero-order chi connectivity index (χ0) is 17.7. The third-order valence-electron chi connectivity index (χ3n) is 7.53. The van der Waals surface area contributed by atoms with E-state index in [-0.39, 0.29) is 17.5 Å². The molecule has 2 nitrogen and oxygen atoms in total. The van der Waals surface area contributed by atoms with Gasteiger partial charge in [0.15, 0.2) is 0 Å². The maximum atomic E-state index is 11.9. The highest BCUT2D eigenvalue weighted by atomic mass is 79.9. The maximum Gasteiger partial charge on any atom is 0.334 e. The topological polar surface area (TPSA) is 26.3 Å². The minimum atomic E-state index is -0.238. The fourth-order valence-corrected chi connectivity index (χ4v) is 6.34. The lowest BCUT2D eigenvalue weighted by molar-refractivity contribution is -0.140.